The maximum atomic E-state index is 11.5. The smallest absolute Gasteiger partial charge is 0.224 e. The third-order valence-corrected chi connectivity index (χ3v) is 3.02. The third-order valence-electron chi connectivity index (χ3n) is 2.16. The molecule has 0 saturated heterocycles. The quantitative estimate of drug-likeness (QED) is 0.864. The van der Waals surface area contributed by atoms with Gasteiger partial charge >= 0.3 is 0 Å². The molecule has 0 aliphatic heterocycles. The number of carbonyl (C=O) groups is 1. The number of hydrogen-bond acceptors (Lipinski definition) is 3. The molecule has 0 radical (unpaired) electrons. The van der Waals surface area contributed by atoms with Crippen LogP contribution in [-0.2, 0) is 15.6 Å². The summed E-state index contributed by atoms with van der Waals surface area (Å²) >= 11 is 0. The minimum atomic E-state index is -0.867. The molecular formula is C12H14N2O2S. The lowest BCUT2D eigenvalue weighted by Gasteiger charge is -2.06. The molecule has 1 amide bonds. The normalized spacial score (nSPS) is 11.5. The molecule has 1 unspecified atom stereocenters. The third kappa shape index (κ3) is 4.79. The highest BCUT2D eigenvalue weighted by Crippen LogP contribution is 2.13. The number of nitriles is 1. The van der Waals surface area contributed by atoms with E-state index in [4.69, 9.17) is 5.26 Å². The van der Waals surface area contributed by atoms with Gasteiger partial charge in [0, 0.05) is 29.2 Å². The van der Waals surface area contributed by atoms with Crippen molar-refractivity contribution in [1.82, 2.24) is 0 Å². The van der Waals surface area contributed by atoms with Crippen LogP contribution in [0.3, 0.4) is 0 Å². The van der Waals surface area contributed by atoms with Gasteiger partial charge in [-0.2, -0.15) is 5.26 Å². The summed E-state index contributed by atoms with van der Waals surface area (Å²) in [5.74, 6) is 0.367. The van der Waals surface area contributed by atoms with E-state index in [-0.39, 0.29) is 5.91 Å². The van der Waals surface area contributed by atoms with E-state index in [2.05, 4.69) is 5.32 Å². The molecule has 0 spiro atoms. The lowest BCUT2D eigenvalue weighted by atomic mass is 10.2. The van der Waals surface area contributed by atoms with Gasteiger partial charge in [-0.1, -0.05) is 12.1 Å². The van der Waals surface area contributed by atoms with Gasteiger partial charge in [0.1, 0.15) is 6.07 Å². The molecule has 0 aliphatic rings. The van der Waals surface area contributed by atoms with Crippen LogP contribution in [0.5, 0.6) is 0 Å². The van der Waals surface area contributed by atoms with Gasteiger partial charge in [-0.05, 0) is 18.6 Å². The van der Waals surface area contributed by atoms with Crippen molar-refractivity contribution in [2.75, 3.05) is 17.3 Å². The van der Waals surface area contributed by atoms with Crippen LogP contribution in [0.15, 0.2) is 24.3 Å². The zero-order valence-electron chi connectivity index (χ0n) is 9.60. The standard InChI is InChI=1S/C12H14N2O2S/c1-17(16)8-4-7-12(15)14-11-6-3-2-5-10(11)9-13/h2-3,5-6H,4,7-8H2,1H3,(H,14,15). The van der Waals surface area contributed by atoms with E-state index in [1.165, 1.54) is 0 Å². The van der Waals surface area contributed by atoms with E-state index in [0.29, 0.717) is 29.8 Å². The molecule has 1 rings (SSSR count). The molecule has 0 bridgehead atoms. The summed E-state index contributed by atoms with van der Waals surface area (Å²) in [5, 5.41) is 11.5. The Labute approximate surface area is 103 Å². The van der Waals surface area contributed by atoms with E-state index in [1.54, 1.807) is 30.5 Å². The molecule has 1 aromatic carbocycles. The molecule has 90 valence electrons. The second-order valence-corrected chi connectivity index (χ2v) is 5.14. The Kier molecular flexibility index (Phi) is 5.37. The van der Waals surface area contributed by atoms with E-state index in [1.807, 2.05) is 6.07 Å². The zero-order chi connectivity index (χ0) is 12.7. The second-order valence-electron chi connectivity index (χ2n) is 3.59. The van der Waals surface area contributed by atoms with Crippen molar-refractivity contribution < 1.29 is 9.00 Å². The second kappa shape index (κ2) is 6.81. The number of hydrogen-bond donors (Lipinski definition) is 1. The van der Waals surface area contributed by atoms with Crippen molar-refractivity contribution in [2.45, 2.75) is 12.8 Å². The van der Waals surface area contributed by atoms with Crippen LogP contribution in [0.2, 0.25) is 0 Å². The number of nitrogens with one attached hydrogen (secondary N) is 1. The Balaban J connectivity index is 2.51. The van der Waals surface area contributed by atoms with Gasteiger partial charge in [-0.15, -0.1) is 0 Å². The van der Waals surface area contributed by atoms with Crippen molar-refractivity contribution in [1.29, 1.82) is 5.26 Å². The molecule has 1 aromatic rings. The van der Waals surface area contributed by atoms with Gasteiger partial charge < -0.3 is 5.32 Å². The SMILES string of the molecule is CS(=O)CCCC(=O)Nc1ccccc1C#N. The fourth-order valence-corrected chi connectivity index (χ4v) is 1.89. The van der Waals surface area contributed by atoms with Gasteiger partial charge in [-0.25, -0.2) is 0 Å². The van der Waals surface area contributed by atoms with Crippen LogP contribution >= 0.6 is 0 Å². The van der Waals surface area contributed by atoms with Crippen LogP contribution in [0.1, 0.15) is 18.4 Å². The van der Waals surface area contributed by atoms with Crippen LogP contribution < -0.4 is 5.32 Å². The predicted molar refractivity (Wildman–Crippen MR) is 68.0 cm³/mol. The average molecular weight is 250 g/mol. The Morgan fingerprint density at radius 3 is 2.82 bits per heavy atom. The van der Waals surface area contributed by atoms with E-state index >= 15 is 0 Å². The van der Waals surface area contributed by atoms with Crippen LogP contribution in [0, 0.1) is 11.3 Å². The minimum Gasteiger partial charge on any atom is -0.325 e. The molecule has 5 heteroatoms. The first-order valence-corrected chi connectivity index (χ1v) is 6.95. The minimum absolute atomic E-state index is 0.154. The Morgan fingerprint density at radius 1 is 1.47 bits per heavy atom. The van der Waals surface area contributed by atoms with Crippen LogP contribution in [0.25, 0.3) is 0 Å². The van der Waals surface area contributed by atoms with Crippen molar-refractivity contribution in [3.63, 3.8) is 0 Å². The number of benzene rings is 1. The average Bonchev–Trinajstić information content (AvgIpc) is 2.29. The first-order valence-electron chi connectivity index (χ1n) is 5.22. The van der Waals surface area contributed by atoms with Crippen molar-refractivity contribution >= 4 is 22.4 Å². The van der Waals surface area contributed by atoms with Gasteiger partial charge in [0.05, 0.1) is 11.3 Å². The topological polar surface area (TPSA) is 70.0 Å². The fraction of sp³-hybridized carbons (Fsp3) is 0.333. The van der Waals surface area contributed by atoms with E-state index in [0.717, 1.165) is 0 Å². The fourth-order valence-electron chi connectivity index (χ4n) is 1.34. The number of nitrogens with zero attached hydrogens (tertiary/aromatic N) is 1. The summed E-state index contributed by atoms with van der Waals surface area (Å²) in [5.41, 5.74) is 0.970. The first-order chi connectivity index (χ1) is 8.13. The highest BCUT2D eigenvalue weighted by atomic mass is 32.2. The molecule has 1 N–H and O–H groups in total. The van der Waals surface area contributed by atoms with Crippen molar-refractivity contribution in [3.05, 3.63) is 29.8 Å². The monoisotopic (exact) mass is 250 g/mol. The van der Waals surface area contributed by atoms with Crippen LogP contribution in [-0.4, -0.2) is 22.1 Å². The Hall–Kier alpha value is -1.67. The molecule has 0 fully saturated rings. The maximum Gasteiger partial charge on any atom is 0.224 e. The maximum absolute atomic E-state index is 11.5. The van der Waals surface area contributed by atoms with Gasteiger partial charge in [-0.3, -0.25) is 9.00 Å². The predicted octanol–water partition coefficient (Wildman–Crippen LogP) is 1.66. The number of carbonyl (C=O) groups excluding carboxylic acids is 1. The molecule has 0 saturated carbocycles. The summed E-state index contributed by atoms with van der Waals surface area (Å²) in [6.45, 7) is 0. The molecular weight excluding hydrogens is 236 g/mol. The summed E-state index contributed by atoms with van der Waals surface area (Å²) in [4.78, 5) is 11.5. The number of amides is 1. The molecule has 17 heavy (non-hydrogen) atoms. The van der Waals surface area contributed by atoms with Gasteiger partial charge in [0.2, 0.25) is 5.91 Å². The summed E-state index contributed by atoms with van der Waals surface area (Å²) in [6, 6.07) is 8.86. The molecule has 4 nitrogen and oxygen atoms in total. The Bertz CT molecular complexity index is 466. The molecule has 0 aromatic heterocycles. The van der Waals surface area contributed by atoms with Gasteiger partial charge in [0.25, 0.3) is 0 Å². The number of rotatable bonds is 5. The van der Waals surface area contributed by atoms with E-state index in [9.17, 15) is 9.00 Å². The first kappa shape index (κ1) is 13.4. The highest BCUT2D eigenvalue weighted by molar-refractivity contribution is 7.84. The lowest BCUT2D eigenvalue weighted by Crippen LogP contribution is -2.13. The zero-order valence-corrected chi connectivity index (χ0v) is 10.4. The number of anilines is 1. The molecule has 0 aliphatic carbocycles. The van der Waals surface area contributed by atoms with Crippen LogP contribution in [0.4, 0.5) is 5.69 Å². The summed E-state index contributed by atoms with van der Waals surface area (Å²) < 4.78 is 10.8. The largest absolute Gasteiger partial charge is 0.325 e. The molecule has 1 atom stereocenters. The summed E-state index contributed by atoms with van der Waals surface area (Å²) in [6.07, 6.45) is 2.52. The van der Waals surface area contributed by atoms with Gasteiger partial charge in [0.15, 0.2) is 0 Å². The molecule has 0 heterocycles. The Morgan fingerprint density at radius 2 is 2.18 bits per heavy atom. The van der Waals surface area contributed by atoms with Crippen molar-refractivity contribution in [3.8, 4) is 6.07 Å². The summed E-state index contributed by atoms with van der Waals surface area (Å²) in [7, 11) is -0.867. The highest BCUT2D eigenvalue weighted by Gasteiger charge is 2.06. The van der Waals surface area contributed by atoms with Crippen molar-refractivity contribution in [2.24, 2.45) is 0 Å². The number of para-hydroxylation sites is 1. The van der Waals surface area contributed by atoms with E-state index < -0.39 is 10.8 Å². The lowest BCUT2D eigenvalue weighted by molar-refractivity contribution is -0.116.